The Morgan fingerprint density at radius 2 is 1.74 bits per heavy atom. The SMILES string of the molecule is COc1ccc(/C(O)=C2/C(=O)C(=O)N(c3cccc(C)c3C)C2c2ccc(C)o2)cc1C(C)(C)C. The summed E-state index contributed by atoms with van der Waals surface area (Å²) in [6, 6.07) is 13.5. The third kappa shape index (κ3) is 4.14. The normalized spacial score (nSPS) is 17.8. The minimum atomic E-state index is -0.899. The van der Waals surface area contributed by atoms with Crippen molar-refractivity contribution in [2.75, 3.05) is 12.0 Å². The van der Waals surface area contributed by atoms with Gasteiger partial charge in [0, 0.05) is 16.8 Å². The van der Waals surface area contributed by atoms with Gasteiger partial charge >= 0.3 is 0 Å². The number of rotatable bonds is 4. The van der Waals surface area contributed by atoms with Gasteiger partial charge in [-0.25, -0.2) is 0 Å². The molecule has 1 fully saturated rings. The molecule has 1 amide bonds. The number of aliphatic hydroxyl groups is 1. The fourth-order valence-electron chi connectivity index (χ4n) is 4.54. The maximum Gasteiger partial charge on any atom is 0.300 e. The van der Waals surface area contributed by atoms with Gasteiger partial charge in [0.1, 0.15) is 29.1 Å². The Labute approximate surface area is 205 Å². The Bertz CT molecular complexity index is 1360. The van der Waals surface area contributed by atoms with E-state index in [2.05, 4.69) is 0 Å². The number of methoxy groups -OCH3 is 1. The van der Waals surface area contributed by atoms with Crippen LogP contribution in [0.5, 0.6) is 5.75 Å². The Morgan fingerprint density at radius 3 is 2.34 bits per heavy atom. The van der Waals surface area contributed by atoms with Gasteiger partial charge in [-0.2, -0.15) is 0 Å². The highest BCUT2D eigenvalue weighted by molar-refractivity contribution is 6.51. The Kier molecular flexibility index (Phi) is 6.09. The number of aliphatic hydroxyl groups excluding tert-OH is 1. The van der Waals surface area contributed by atoms with Crippen LogP contribution >= 0.6 is 0 Å². The second kappa shape index (κ2) is 8.77. The molecule has 6 heteroatoms. The van der Waals surface area contributed by atoms with Gasteiger partial charge in [0.05, 0.1) is 12.7 Å². The molecule has 0 bridgehead atoms. The lowest BCUT2D eigenvalue weighted by Crippen LogP contribution is -2.30. The summed E-state index contributed by atoms with van der Waals surface area (Å²) in [5.74, 6) is 0.0330. The molecule has 35 heavy (non-hydrogen) atoms. The zero-order valence-electron chi connectivity index (χ0n) is 21.2. The molecule has 2 heterocycles. The maximum absolute atomic E-state index is 13.4. The predicted octanol–water partition coefficient (Wildman–Crippen LogP) is 6.14. The summed E-state index contributed by atoms with van der Waals surface area (Å²) in [6.45, 7) is 11.8. The van der Waals surface area contributed by atoms with Crippen LogP contribution in [0.2, 0.25) is 0 Å². The van der Waals surface area contributed by atoms with E-state index in [9.17, 15) is 14.7 Å². The molecule has 1 aliphatic rings. The van der Waals surface area contributed by atoms with Crippen LogP contribution in [0.3, 0.4) is 0 Å². The van der Waals surface area contributed by atoms with E-state index in [0.717, 1.165) is 16.7 Å². The molecule has 4 rings (SSSR count). The van der Waals surface area contributed by atoms with E-state index >= 15 is 0 Å². The zero-order valence-corrected chi connectivity index (χ0v) is 21.2. The standard InChI is InChI=1S/C29H31NO5/c1-16-9-8-10-21(18(16)3)30-25(23-13-11-17(2)35-23)24(27(32)28(30)33)26(31)19-12-14-22(34-7)20(15-19)29(4,5)6/h8-15,25,31H,1-7H3/b26-24-. The van der Waals surface area contributed by atoms with E-state index in [0.29, 0.717) is 28.5 Å². The fraction of sp³-hybridized carbons (Fsp3) is 0.310. The lowest BCUT2D eigenvalue weighted by atomic mass is 9.84. The summed E-state index contributed by atoms with van der Waals surface area (Å²) in [5, 5.41) is 11.5. The Morgan fingerprint density at radius 1 is 1.03 bits per heavy atom. The van der Waals surface area contributed by atoms with Crippen LogP contribution in [0.15, 0.2) is 58.5 Å². The Hall–Kier alpha value is -3.80. The van der Waals surface area contributed by atoms with Crippen molar-refractivity contribution in [1.29, 1.82) is 0 Å². The van der Waals surface area contributed by atoms with Crippen molar-refractivity contribution >= 4 is 23.1 Å². The number of ketones is 1. The highest BCUT2D eigenvalue weighted by Gasteiger charge is 2.49. The van der Waals surface area contributed by atoms with E-state index in [1.165, 1.54) is 4.90 Å². The second-order valence-corrected chi connectivity index (χ2v) is 10.0. The number of nitrogens with zero attached hydrogens (tertiary/aromatic N) is 1. The molecule has 1 saturated heterocycles. The van der Waals surface area contributed by atoms with Gasteiger partial charge in [-0.1, -0.05) is 32.9 Å². The van der Waals surface area contributed by atoms with E-state index < -0.39 is 17.7 Å². The van der Waals surface area contributed by atoms with Gasteiger partial charge in [-0.15, -0.1) is 0 Å². The minimum absolute atomic E-state index is 0.00437. The molecule has 3 aromatic rings. The number of hydrogen-bond donors (Lipinski definition) is 1. The smallest absolute Gasteiger partial charge is 0.300 e. The molecule has 1 aromatic heterocycles. The van der Waals surface area contributed by atoms with E-state index in [1.54, 1.807) is 44.4 Å². The Balaban J connectivity index is 1.97. The molecular weight excluding hydrogens is 442 g/mol. The third-order valence-corrected chi connectivity index (χ3v) is 6.59. The van der Waals surface area contributed by atoms with Gasteiger partial charge < -0.3 is 14.3 Å². The van der Waals surface area contributed by atoms with Crippen LogP contribution in [0.4, 0.5) is 5.69 Å². The molecule has 6 nitrogen and oxygen atoms in total. The average molecular weight is 474 g/mol. The van der Waals surface area contributed by atoms with Crippen LogP contribution in [0.1, 0.15) is 60.6 Å². The third-order valence-electron chi connectivity index (χ3n) is 6.59. The molecule has 0 spiro atoms. The van der Waals surface area contributed by atoms with E-state index in [-0.39, 0.29) is 16.7 Å². The number of anilines is 1. The average Bonchev–Trinajstić information content (AvgIpc) is 3.35. The number of carbonyl (C=O) groups excluding carboxylic acids is 2. The minimum Gasteiger partial charge on any atom is -0.507 e. The molecule has 182 valence electrons. The summed E-state index contributed by atoms with van der Waals surface area (Å²) >= 11 is 0. The number of furan rings is 1. The molecule has 1 unspecified atom stereocenters. The molecule has 1 aliphatic heterocycles. The van der Waals surface area contributed by atoms with Crippen molar-refractivity contribution in [1.82, 2.24) is 0 Å². The number of carbonyl (C=O) groups is 2. The first-order chi connectivity index (χ1) is 16.5. The molecule has 0 aliphatic carbocycles. The van der Waals surface area contributed by atoms with E-state index in [1.807, 2.05) is 52.8 Å². The highest BCUT2D eigenvalue weighted by Crippen LogP contribution is 2.44. The summed E-state index contributed by atoms with van der Waals surface area (Å²) in [5.41, 5.74) is 3.50. The number of amides is 1. The lowest BCUT2D eigenvalue weighted by molar-refractivity contribution is -0.132. The van der Waals surface area contributed by atoms with E-state index in [4.69, 9.17) is 9.15 Å². The van der Waals surface area contributed by atoms with Crippen molar-refractivity contribution < 1.29 is 23.8 Å². The maximum atomic E-state index is 13.4. The molecule has 1 N–H and O–H groups in total. The van der Waals surface area contributed by atoms with Gasteiger partial charge in [-0.05, 0) is 73.7 Å². The largest absolute Gasteiger partial charge is 0.507 e. The second-order valence-electron chi connectivity index (χ2n) is 10.0. The molecular formula is C29H31NO5. The number of aryl methyl sites for hydroxylation is 2. The van der Waals surface area contributed by atoms with Crippen molar-refractivity contribution in [3.05, 3.63) is 87.9 Å². The number of benzene rings is 2. The van der Waals surface area contributed by atoms with Gasteiger partial charge in [0.2, 0.25) is 0 Å². The lowest BCUT2D eigenvalue weighted by Gasteiger charge is -2.26. The van der Waals surface area contributed by atoms with Gasteiger partial charge in [0.25, 0.3) is 11.7 Å². The van der Waals surface area contributed by atoms with Crippen LogP contribution in [0.25, 0.3) is 5.76 Å². The van der Waals surface area contributed by atoms with Gasteiger partial charge in [-0.3, -0.25) is 14.5 Å². The van der Waals surface area contributed by atoms with Crippen molar-refractivity contribution in [3.8, 4) is 5.75 Å². The highest BCUT2D eigenvalue weighted by atomic mass is 16.5. The number of ether oxygens (including phenoxy) is 1. The first-order valence-corrected chi connectivity index (χ1v) is 11.6. The van der Waals surface area contributed by atoms with Crippen molar-refractivity contribution in [2.24, 2.45) is 0 Å². The summed E-state index contributed by atoms with van der Waals surface area (Å²) < 4.78 is 11.4. The number of hydrogen-bond acceptors (Lipinski definition) is 5. The molecule has 0 saturated carbocycles. The van der Waals surface area contributed by atoms with Crippen LogP contribution in [0, 0.1) is 20.8 Å². The zero-order chi connectivity index (χ0) is 25.7. The quantitative estimate of drug-likeness (QED) is 0.280. The molecule has 2 aromatic carbocycles. The monoisotopic (exact) mass is 473 g/mol. The fourth-order valence-corrected chi connectivity index (χ4v) is 4.54. The molecule has 1 atom stereocenters. The topological polar surface area (TPSA) is 80.0 Å². The first-order valence-electron chi connectivity index (χ1n) is 11.6. The van der Waals surface area contributed by atoms with Crippen LogP contribution in [-0.2, 0) is 15.0 Å². The first kappa shape index (κ1) is 24.3. The van der Waals surface area contributed by atoms with Crippen LogP contribution < -0.4 is 9.64 Å². The predicted molar refractivity (Wildman–Crippen MR) is 136 cm³/mol. The summed E-state index contributed by atoms with van der Waals surface area (Å²) in [6.07, 6.45) is 0. The van der Waals surface area contributed by atoms with Crippen molar-refractivity contribution in [2.45, 2.75) is 53.0 Å². The van der Waals surface area contributed by atoms with Crippen molar-refractivity contribution in [3.63, 3.8) is 0 Å². The number of Topliss-reactive ketones (excluding diaryl/α,β-unsaturated/α-hetero) is 1. The summed E-state index contributed by atoms with van der Waals surface area (Å²) in [4.78, 5) is 28.3. The molecule has 0 radical (unpaired) electrons. The van der Waals surface area contributed by atoms with Crippen LogP contribution in [-0.4, -0.2) is 23.9 Å². The van der Waals surface area contributed by atoms with Gasteiger partial charge in [0.15, 0.2) is 0 Å². The summed E-state index contributed by atoms with van der Waals surface area (Å²) in [7, 11) is 1.60.